The number of methoxy groups -OCH3 is 3. The molecule has 2 N–H and O–H groups in total. The highest BCUT2D eigenvalue weighted by Gasteiger charge is 2.19. The Labute approximate surface area is 183 Å². The van der Waals surface area contributed by atoms with Crippen LogP contribution in [0.3, 0.4) is 0 Å². The van der Waals surface area contributed by atoms with Gasteiger partial charge in [0.2, 0.25) is 0 Å². The van der Waals surface area contributed by atoms with Gasteiger partial charge < -0.3 is 24.5 Å². The third-order valence-electron chi connectivity index (χ3n) is 4.66. The summed E-state index contributed by atoms with van der Waals surface area (Å²) in [5.41, 5.74) is 2.46. The molecule has 4 aromatic rings. The number of rotatable bonds is 5. The summed E-state index contributed by atoms with van der Waals surface area (Å²) in [4.78, 5) is 17.0. The maximum absolute atomic E-state index is 12.9. The molecule has 0 aliphatic carbocycles. The fourth-order valence-corrected chi connectivity index (χ4v) is 3.79. The topological polar surface area (TPSA) is 72.6 Å². The van der Waals surface area contributed by atoms with Crippen molar-refractivity contribution in [3.05, 3.63) is 70.0 Å². The predicted molar refractivity (Wildman–Crippen MR) is 123 cm³/mol. The zero-order valence-electron chi connectivity index (χ0n) is 17.2. The first-order valence-electron chi connectivity index (χ1n) is 9.41. The summed E-state index contributed by atoms with van der Waals surface area (Å²) in [5.74, 6) is 7.54. The first-order valence-corrected chi connectivity index (χ1v) is 10.3. The normalized spacial score (nSPS) is 10.3. The molecule has 4 rings (SSSR count). The lowest BCUT2D eigenvalue weighted by Crippen LogP contribution is -2.12. The van der Waals surface area contributed by atoms with Crippen LogP contribution in [0, 0.1) is 11.8 Å². The monoisotopic (exact) mass is 432 g/mol. The average molecular weight is 433 g/mol. The second kappa shape index (κ2) is 8.86. The molecule has 2 heterocycles. The summed E-state index contributed by atoms with van der Waals surface area (Å²) in [5, 5.41) is 5.62. The van der Waals surface area contributed by atoms with Crippen LogP contribution in [0.15, 0.2) is 53.9 Å². The molecule has 0 bridgehead atoms. The Hall–Kier alpha value is -3.89. The molecule has 0 radical (unpaired) electrons. The second-order valence-corrected chi connectivity index (χ2v) is 7.50. The molecular weight excluding hydrogens is 412 g/mol. The lowest BCUT2D eigenvalue weighted by Gasteiger charge is -2.11. The van der Waals surface area contributed by atoms with E-state index in [2.05, 4.69) is 22.1 Å². The summed E-state index contributed by atoms with van der Waals surface area (Å²) >= 11 is 1.59. The van der Waals surface area contributed by atoms with Crippen molar-refractivity contribution in [3.63, 3.8) is 0 Å². The highest BCUT2D eigenvalue weighted by Crippen LogP contribution is 2.41. The minimum absolute atomic E-state index is 0.289. The molecule has 0 saturated heterocycles. The zero-order valence-corrected chi connectivity index (χ0v) is 18.1. The van der Waals surface area contributed by atoms with Crippen molar-refractivity contribution in [2.24, 2.45) is 0 Å². The third kappa shape index (κ3) is 4.20. The van der Waals surface area contributed by atoms with Gasteiger partial charge in [-0.05, 0) is 35.7 Å². The van der Waals surface area contributed by atoms with Crippen LogP contribution in [-0.2, 0) is 0 Å². The summed E-state index contributed by atoms with van der Waals surface area (Å²) in [6.07, 6.45) is 0. The summed E-state index contributed by atoms with van der Waals surface area (Å²) < 4.78 is 16.3. The van der Waals surface area contributed by atoms with E-state index in [9.17, 15) is 4.79 Å². The fourth-order valence-electron chi connectivity index (χ4n) is 3.22. The molecule has 0 fully saturated rings. The standard InChI is InChI=1S/C24H20N2O4S/c1-28-20-14-21(29-2)23(30-3)22-18(20)13-19(26-22)24(27)25-16-7-4-6-15(12-16)9-10-17-8-5-11-31-17/h4-8,11-14,26H,1-3H3,(H,25,27). The van der Waals surface area contributed by atoms with Gasteiger partial charge in [0.15, 0.2) is 11.5 Å². The predicted octanol–water partition coefficient (Wildman–Crippen LogP) is 4.91. The number of aromatic amines is 1. The average Bonchev–Trinajstić information content (AvgIpc) is 3.47. The van der Waals surface area contributed by atoms with Gasteiger partial charge >= 0.3 is 0 Å². The number of thiophene rings is 1. The number of fused-ring (bicyclic) bond motifs is 1. The molecule has 2 aromatic heterocycles. The van der Waals surface area contributed by atoms with E-state index in [-0.39, 0.29) is 5.91 Å². The molecule has 2 aromatic carbocycles. The van der Waals surface area contributed by atoms with Crippen LogP contribution in [0.5, 0.6) is 17.2 Å². The Morgan fingerprint density at radius 3 is 2.52 bits per heavy atom. The van der Waals surface area contributed by atoms with E-state index in [1.165, 1.54) is 0 Å². The second-order valence-electron chi connectivity index (χ2n) is 6.55. The summed E-state index contributed by atoms with van der Waals surface area (Å²) in [6.45, 7) is 0. The van der Waals surface area contributed by atoms with Gasteiger partial charge in [-0.1, -0.05) is 24.0 Å². The molecule has 0 aliphatic heterocycles. The number of aromatic nitrogens is 1. The Bertz CT molecular complexity index is 1300. The number of carbonyl (C=O) groups is 1. The van der Waals surface area contributed by atoms with Gasteiger partial charge in [-0.25, -0.2) is 0 Å². The van der Waals surface area contributed by atoms with Crippen molar-refractivity contribution < 1.29 is 19.0 Å². The minimum atomic E-state index is -0.289. The Morgan fingerprint density at radius 1 is 0.968 bits per heavy atom. The van der Waals surface area contributed by atoms with E-state index in [1.54, 1.807) is 44.8 Å². The van der Waals surface area contributed by atoms with Gasteiger partial charge in [-0.15, -0.1) is 11.3 Å². The van der Waals surface area contributed by atoms with Crippen molar-refractivity contribution >= 4 is 33.8 Å². The first-order chi connectivity index (χ1) is 15.1. The van der Waals surface area contributed by atoms with Crippen molar-refractivity contribution in [1.29, 1.82) is 0 Å². The number of anilines is 1. The number of H-pyrrole nitrogens is 1. The molecule has 6 nitrogen and oxygen atoms in total. The van der Waals surface area contributed by atoms with Gasteiger partial charge in [0.05, 0.1) is 31.7 Å². The highest BCUT2D eigenvalue weighted by molar-refractivity contribution is 7.10. The van der Waals surface area contributed by atoms with E-state index in [1.807, 2.05) is 41.8 Å². The Kier molecular flexibility index (Phi) is 5.83. The molecule has 0 saturated carbocycles. The lowest BCUT2D eigenvalue weighted by molar-refractivity contribution is 0.102. The number of nitrogens with one attached hydrogen (secondary N) is 2. The van der Waals surface area contributed by atoms with Crippen LogP contribution >= 0.6 is 11.3 Å². The molecule has 0 aliphatic rings. The SMILES string of the molecule is COc1cc(OC)c2cc(C(=O)Nc3cccc(C#Cc4cccs4)c3)[nH]c2c1OC. The van der Waals surface area contributed by atoms with Crippen molar-refractivity contribution in [2.75, 3.05) is 26.6 Å². The first kappa shape index (κ1) is 20.4. The summed E-state index contributed by atoms with van der Waals surface area (Å²) in [7, 11) is 4.66. The lowest BCUT2D eigenvalue weighted by atomic mass is 10.2. The number of amides is 1. The van der Waals surface area contributed by atoms with Crippen LogP contribution in [0.25, 0.3) is 10.9 Å². The van der Waals surface area contributed by atoms with E-state index < -0.39 is 0 Å². The fraction of sp³-hybridized carbons (Fsp3) is 0.125. The molecule has 0 atom stereocenters. The molecule has 1 amide bonds. The smallest absolute Gasteiger partial charge is 0.272 e. The maximum Gasteiger partial charge on any atom is 0.272 e. The molecule has 7 heteroatoms. The number of benzene rings is 2. The van der Waals surface area contributed by atoms with Gasteiger partial charge in [0.25, 0.3) is 5.91 Å². The van der Waals surface area contributed by atoms with Gasteiger partial charge in [0.1, 0.15) is 11.4 Å². The van der Waals surface area contributed by atoms with E-state index in [0.717, 1.165) is 15.8 Å². The minimum Gasteiger partial charge on any atom is -0.496 e. The van der Waals surface area contributed by atoms with Crippen LogP contribution in [-0.4, -0.2) is 32.2 Å². The Balaban J connectivity index is 1.62. The van der Waals surface area contributed by atoms with Crippen LogP contribution in [0.4, 0.5) is 5.69 Å². The maximum atomic E-state index is 12.9. The molecule has 156 valence electrons. The molecule has 0 spiro atoms. The molecule has 0 unspecified atom stereocenters. The number of hydrogen-bond donors (Lipinski definition) is 2. The van der Waals surface area contributed by atoms with E-state index >= 15 is 0 Å². The summed E-state index contributed by atoms with van der Waals surface area (Å²) in [6, 6.07) is 14.8. The molecule has 31 heavy (non-hydrogen) atoms. The largest absolute Gasteiger partial charge is 0.496 e. The Morgan fingerprint density at radius 2 is 1.81 bits per heavy atom. The van der Waals surface area contributed by atoms with E-state index in [0.29, 0.717) is 34.1 Å². The van der Waals surface area contributed by atoms with Crippen LogP contribution < -0.4 is 19.5 Å². The zero-order chi connectivity index (χ0) is 21.8. The molecular formula is C24H20N2O4S. The van der Waals surface area contributed by atoms with Crippen molar-refractivity contribution in [1.82, 2.24) is 4.98 Å². The van der Waals surface area contributed by atoms with Gasteiger partial charge in [0, 0.05) is 22.7 Å². The van der Waals surface area contributed by atoms with E-state index in [4.69, 9.17) is 14.2 Å². The van der Waals surface area contributed by atoms with Gasteiger partial charge in [-0.2, -0.15) is 0 Å². The van der Waals surface area contributed by atoms with Gasteiger partial charge in [-0.3, -0.25) is 4.79 Å². The number of carbonyl (C=O) groups excluding carboxylic acids is 1. The quantitative estimate of drug-likeness (QED) is 0.440. The third-order valence-corrected chi connectivity index (χ3v) is 5.44. The van der Waals surface area contributed by atoms with Crippen molar-refractivity contribution in [2.45, 2.75) is 0 Å². The number of hydrogen-bond acceptors (Lipinski definition) is 5. The van der Waals surface area contributed by atoms with Crippen molar-refractivity contribution in [3.8, 4) is 29.1 Å². The van der Waals surface area contributed by atoms with Crippen LogP contribution in [0.2, 0.25) is 0 Å². The van der Waals surface area contributed by atoms with Crippen LogP contribution in [0.1, 0.15) is 20.9 Å². The highest BCUT2D eigenvalue weighted by atomic mass is 32.1. The number of ether oxygens (including phenoxy) is 3.